The molecule has 2 aromatic heterocycles. The Balaban J connectivity index is 2.40. The summed E-state index contributed by atoms with van der Waals surface area (Å²) in [6.45, 7) is 2.93. The quantitative estimate of drug-likeness (QED) is 0.696. The van der Waals surface area contributed by atoms with Crippen LogP contribution in [0.1, 0.15) is 6.92 Å². The van der Waals surface area contributed by atoms with Crippen LogP contribution in [-0.2, 0) is 0 Å². The van der Waals surface area contributed by atoms with E-state index in [1.165, 1.54) is 0 Å². The van der Waals surface area contributed by atoms with Crippen LogP contribution in [0.2, 0.25) is 0 Å². The van der Waals surface area contributed by atoms with Gasteiger partial charge in [0, 0.05) is 18.7 Å². The van der Waals surface area contributed by atoms with E-state index in [-0.39, 0.29) is 13.2 Å². The minimum absolute atomic E-state index is 0.0431. The van der Waals surface area contributed by atoms with Gasteiger partial charge >= 0.3 is 0 Å². The number of nitrogen functional groups attached to an aromatic ring is 1. The maximum atomic E-state index is 8.76. The number of nitrogens with zero attached hydrogens (tertiary/aromatic N) is 1. The van der Waals surface area contributed by atoms with Crippen LogP contribution in [0.15, 0.2) is 16.5 Å². The molecule has 4 N–H and O–H groups in total. The fourth-order valence-electron chi connectivity index (χ4n) is 1.56. The summed E-state index contributed by atoms with van der Waals surface area (Å²) in [5, 5.41) is 11.9. The second kappa shape index (κ2) is 4.36. The number of fused-ring (bicyclic) bond motifs is 1. The zero-order valence-corrected chi connectivity index (χ0v) is 9.06. The standard InChI is InChI=1S/C10H15N3O3/c1-2-12-10-6-8-7(5-9(11)16-8)13(10)15-4-3-14/h5-6,12,14H,2-4,11H2,1H3. The van der Waals surface area contributed by atoms with Crippen LogP contribution in [0.5, 0.6) is 0 Å². The molecule has 0 spiro atoms. The Morgan fingerprint density at radius 2 is 2.38 bits per heavy atom. The molecule has 0 radical (unpaired) electrons. The lowest BCUT2D eigenvalue weighted by Crippen LogP contribution is -2.17. The van der Waals surface area contributed by atoms with Gasteiger partial charge in [0.15, 0.2) is 11.5 Å². The van der Waals surface area contributed by atoms with Crippen LogP contribution in [0.25, 0.3) is 11.1 Å². The van der Waals surface area contributed by atoms with E-state index in [9.17, 15) is 0 Å². The lowest BCUT2D eigenvalue weighted by molar-refractivity contribution is 0.0863. The number of nitrogens with one attached hydrogen (secondary N) is 1. The topological polar surface area (TPSA) is 85.6 Å². The minimum atomic E-state index is -0.0431. The molecular formula is C10H15N3O3. The van der Waals surface area contributed by atoms with Gasteiger partial charge in [-0.3, -0.25) is 0 Å². The first-order valence-corrected chi connectivity index (χ1v) is 5.15. The average Bonchev–Trinajstić information content (AvgIpc) is 2.73. The molecule has 0 saturated carbocycles. The van der Waals surface area contributed by atoms with E-state index in [1.807, 2.05) is 13.0 Å². The summed E-state index contributed by atoms with van der Waals surface area (Å²) in [6, 6.07) is 3.50. The van der Waals surface area contributed by atoms with Crippen molar-refractivity contribution in [1.82, 2.24) is 4.73 Å². The van der Waals surface area contributed by atoms with Crippen molar-refractivity contribution in [2.75, 3.05) is 30.8 Å². The van der Waals surface area contributed by atoms with Gasteiger partial charge in [0.2, 0.25) is 0 Å². The molecular weight excluding hydrogens is 210 g/mol. The van der Waals surface area contributed by atoms with Gasteiger partial charge in [0.05, 0.1) is 6.61 Å². The first kappa shape index (κ1) is 10.7. The van der Waals surface area contributed by atoms with Crippen molar-refractivity contribution in [2.45, 2.75) is 6.92 Å². The minimum Gasteiger partial charge on any atom is -0.439 e. The fourth-order valence-corrected chi connectivity index (χ4v) is 1.56. The molecule has 88 valence electrons. The largest absolute Gasteiger partial charge is 0.439 e. The normalized spacial score (nSPS) is 10.9. The summed E-state index contributed by atoms with van der Waals surface area (Å²) in [5.41, 5.74) is 6.96. The molecule has 0 aliphatic rings. The van der Waals surface area contributed by atoms with Crippen LogP contribution >= 0.6 is 0 Å². The Bertz CT molecular complexity index is 475. The third kappa shape index (κ3) is 1.79. The third-order valence-corrected chi connectivity index (χ3v) is 2.13. The molecule has 6 heteroatoms. The molecule has 0 aliphatic heterocycles. The molecule has 2 rings (SSSR count). The predicted octanol–water partition coefficient (Wildman–Crippen LogP) is 0.669. The Labute approximate surface area is 92.5 Å². The molecule has 0 saturated heterocycles. The van der Waals surface area contributed by atoms with Crippen molar-refractivity contribution in [1.29, 1.82) is 0 Å². The summed E-state index contributed by atoms with van der Waals surface area (Å²) >= 11 is 0. The molecule has 0 atom stereocenters. The molecule has 2 aromatic rings. The Hall–Kier alpha value is -1.82. The van der Waals surface area contributed by atoms with E-state index >= 15 is 0 Å². The van der Waals surface area contributed by atoms with Crippen molar-refractivity contribution < 1.29 is 14.4 Å². The molecule has 2 heterocycles. The third-order valence-electron chi connectivity index (χ3n) is 2.13. The predicted molar refractivity (Wildman–Crippen MR) is 61.3 cm³/mol. The molecule has 0 bridgehead atoms. The van der Waals surface area contributed by atoms with Crippen molar-refractivity contribution >= 4 is 22.8 Å². The number of nitrogens with two attached hydrogens (primary N) is 1. The number of hydrogen-bond acceptors (Lipinski definition) is 5. The number of hydrogen-bond donors (Lipinski definition) is 3. The van der Waals surface area contributed by atoms with Crippen LogP contribution in [-0.4, -0.2) is 29.6 Å². The zero-order chi connectivity index (χ0) is 11.5. The molecule has 0 aliphatic carbocycles. The van der Waals surface area contributed by atoms with Crippen molar-refractivity contribution in [3.8, 4) is 0 Å². The highest BCUT2D eigenvalue weighted by Gasteiger charge is 2.13. The SMILES string of the molecule is CCNc1cc2oc(N)cc2n1OCCO. The fraction of sp³-hybridized carbons (Fsp3) is 0.400. The zero-order valence-electron chi connectivity index (χ0n) is 9.06. The first-order valence-electron chi connectivity index (χ1n) is 5.15. The van der Waals surface area contributed by atoms with Gasteiger partial charge in [-0.05, 0) is 6.92 Å². The average molecular weight is 225 g/mol. The van der Waals surface area contributed by atoms with Gasteiger partial charge in [0.1, 0.15) is 17.9 Å². The smallest absolute Gasteiger partial charge is 0.193 e. The maximum Gasteiger partial charge on any atom is 0.193 e. The number of aliphatic hydroxyl groups is 1. The monoisotopic (exact) mass is 225 g/mol. The van der Waals surface area contributed by atoms with Crippen molar-refractivity contribution in [3.05, 3.63) is 12.1 Å². The highest BCUT2D eigenvalue weighted by atomic mass is 16.7. The van der Waals surface area contributed by atoms with Gasteiger partial charge in [0.25, 0.3) is 0 Å². The number of aromatic nitrogens is 1. The molecule has 0 amide bonds. The number of anilines is 2. The summed E-state index contributed by atoms with van der Waals surface area (Å²) in [6.07, 6.45) is 0. The summed E-state index contributed by atoms with van der Waals surface area (Å²) < 4.78 is 6.87. The maximum absolute atomic E-state index is 8.76. The van der Waals surface area contributed by atoms with Crippen LogP contribution in [0.3, 0.4) is 0 Å². The molecule has 0 fully saturated rings. The van der Waals surface area contributed by atoms with Crippen molar-refractivity contribution in [3.63, 3.8) is 0 Å². The van der Waals surface area contributed by atoms with Crippen LogP contribution in [0, 0.1) is 0 Å². The Morgan fingerprint density at radius 3 is 3.06 bits per heavy atom. The molecule has 6 nitrogen and oxygen atoms in total. The van der Waals surface area contributed by atoms with E-state index in [0.29, 0.717) is 11.5 Å². The summed E-state index contributed by atoms with van der Waals surface area (Å²) in [4.78, 5) is 5.39. The second-order valence-electron chi connectivity index (χ2n) is 3.31. The van der Waals surface area contributed by atoms with E-state index < -0.39 is 0 Å². The van der Waals surface area contributed by atoms with E-state index in [0.717, 1.165) is 17.9 Å². The number of rotatable bonds is 5. The highest BCUT2D eigenvalue weighted by molar-refractivity contribution is 5.82. The number of aliphatic hydroxyl groups excluding tert-OH is 1. The summed E-state index contributed by atoms with van der Waals surface area (Å²) in [7, 11) is 0. The lowest BCUT2D eigenvalue weighted by atomic mass is 10.5. The molecule has 0 aromatic carbocycles. The van der Waals surface area contributed by atoms with E-state index in [2.05, 4.69) is 5.32 Å². The van der Waals surface area contributed by atoms with Crippen LogP contribution in [0.4, 0.5) is 11.7 Å². The Morgan fingerprint density at radius 1 is 1.56 bits per heavy atom. The number of furan rings is 1. The molecule has 16 heavy (non-hydrogen) atoms. The van der Waals surface area contributed by atoms with Gasteiger partial charge in [-0.2, -0.15) is 4.73 Å². The van der Waals surface area contributed by atoms with Gasteiger partial charge < -0.3 is 25.4 Å². The van der Waals surface area contributed by atoms with E-state index in [1.54, 1.807) is 10.8 Å². The molecule has 0 unspecified atom stereocenters. The van der Waals surface area contributed by atoms with Gasteiger partial charge in [-0.1, -0.05) is 0 Å². The first-order chi connectivity index (χ1) is 7.76. The highest BCUT2D eigenvalue weighted by Crippen LogP contribution is 2.26. The van der Waals surface area contributed by atoms with E-state index in [4.69, 9.17) is 20.1 Å². The van der Waals surface area contributed by atoms with Gasteiger partial charge in [-0.15, -0.1) is 0 Å². The lowest BCUT2D eigenvalue weighted by Gasteiger charge is -2.10. The second-order valence-corrected chi connectivity index (χ2v) is 3.31. The summed E-state index contributed by atoms with van der Waals surface area (Å²) in [5.74, 6) is 1.12. The Kier molecular flexibility index (Phi) is 2.91. The van der Waals surface area contributed by atoms with Gasteiger partial charge in [-0.25, -0.2) is 0 Å². The van der Waals surface area contributed by atoms with Crippen molar-refractivity contribution in [2.24, 2.45) is 0 Å². The van der Waals surface area contributed by atoms with Crippen LogP contribution < -0.4 is 15.9 Å².